The summed E-state index contributed by atoms with van der Waals surface area (Å²) < 4.78 is 61.9. The van der Waals surface area contributed by atoms with Crippen molar-refractivity contribution in [2.24, 2.45) is 0 Å². The second-order valence-corrected chi connectivity index (χ2v) is 7.39. The molecule has 10 heteroatoms. The van der Waals surface area contributed by atoms with E-state index in [1.807, 2.05) is 0 Å². The number of benzene rings is 1. The monoisotopic (exact) mass is 373 g/mol. The van der Waals surface area contributed by atoms with Gasteiger partial charge in [0.05, 0.1) is 5.75 Å². The number of furan rings is 1. The minimum Gasteiger partial charge on any atom is -0.502 e. The van der Waals surface area contributed by atoms with Crippen LogP contribution in [0.15, 0.2) is 22.6 Å². The van der Waals surface area contributed by atoms with Crippen LogP contribution in [0.25, 0.3) is 11.3 Å². The van der Waals surface area contributed by atoms with Gasteiger partial charge in [0.2, 0.25) is 21.5 Å². The molecule has 0 bridgehead atoms. The van der Waals surface area contributed by atoms with Crippen molar-refractivity contribution >= 4 is 21.9 Å². The fraction of sp³-hybridized carbons (Fsp3) is 0.267. The lowest BCUT2D eigenvalue weighted by molar-refractivity contribution is -0.132. The molecule has 1 aromatic heterocycles. The van der Waals surface area contributed by atoms with Gasteiger partial charge in [0.15, 0.2) is 17.4 Å². The van der Waals surface area contributed by atoms with Crippen molar-refractivity contribution in [2.45, 2.75) is 13.3 Å². The van der Waals surface area contributed by atoms with Gasteiger partial charge in [0, 0.05) is 19.0 Å². The fourth-order valence-electron chi connectivity index (χ4n) is 2.50. The maximum absolute atomic E-state index is 13.4. The first-order valence-corrected chi connectivity index (χ1v) is 8.81. The lowest BCUT2D eigenvalue weighted by Crippen LogP contribution is -2.25. The second kappa shape index (κ2) is 6.03. The van der Waals surface area contributed by atoms with Crippen LogP contribution in [0.3, 0.4) is 0 Å². The normalized spacial score (nSPS) is 16.2. The van der Waals surface area contributed by atoms with Crippen LogP contribution in [0.2, 0.25) is 0 Å². The van der Waals surface area contributed by atoms with E-state index in [4.69, 9.17) is 9.15 Å². The van der Waals surface area contributed by atoms with Gasteiger partial charge in [-0.15, -0.1) is 0 Å². The standard InChI is InChI=1S/C15H13F2NO6S/c1-8(19)23-14-12(20)13(9-3-4-10(16)11(17)7-9)24-15(14)18-5-2-6-25(18,21)22/h3-4,7,20H,2,5-6H2,1H3. The molecular weight excluding hydrogens is 360 g/mol. The van der Waals surface area contributed by atoms with E-state index in [9.17, 15) is 27.1 Å². The number of hydrogen-bond donors (Lipinski definition) is 1. The van der Waals surface area contributed by atoms with Crippen LogP contribution < -0.4 is 9.04 Å². The highest BCUT2D eigenvalue weighted by atomic mass is 32.2. The van der Waals surface area contributed by atoms with E-state index in [1.54, 1.807) is 0 Å². The van der Waals surface area contributed by atoms with Crippen molar-refractivity contribution in [3.8, 4) is 22.8 Å². The summed E-state index contributed by atoms with van der Waals surface area (Å²) in [6.07, 6.45) is 0.323. The van der Waals surface area contributed by atoms with Gasteiger partial charge in [-0.05, 0) is 24.6 Å². The summed E-state index contributed by atoms with van der Waals surface area (Å²) in [5.74, 6) is -5.12. The van der Waals surface area contributed by atoms with Crippen LogP contribution in [0.1, 0.15) is 13.3 Å². The molecule has 0 amide bonds. The van der Waals surface area contributed by atoms with E-state index in [1.165, 1.54) is 0 Å². The molecule has 0 saturated carbocycles. The average Bonchev–Trinajstić information content (AvgIpc) is 3.02. The predicted octanol–water partition coefficient (Wildman–Crippen LogP) is 2.40. The fourth-order valence-corrected chi connectivity index (χ4v) is 3.99. The molecule has 1 fully saturated rings. The molecule has 1 aliphatic rings. The minimum absolute atomic E-state index is 0.0485. The van der Waals surface area contributed by atoms with E-state index < -0.39 is 39.1 Å². The molecule has 1 aromatic carbocycles. The Kier molecular flexibility index (Phi) is 4.15. The van der Waals surface area contributed by atoms with Crippen LogP contribution in [0.5, 0.6) is 11.5 Å². The zero-order chi connectivity index (χ0) is 18.4. The largest absolute Gasteiger partial charge is 0.502 e. The summed E-state index contributed by atoms with van der Waals surface area (Å²) in [4.78, 5) is 11.3. The van der Waals surface area contributed by atoms with Crippen molar-refractivity contribution in [1.82, 2.24) is 0 Å². The minimum atomic E-state index is -3.70. The smallest absolute Gasteiger partial charge is 0.308 e. The first-order chi connectivity index (χ1) is 11.7. The molecule has 1 aliphatic heterocycles. The van der Waals surface area contributed by atoms with E-state index in [2.05, 4.69) is 0 Å². The first-order valence-electron chi connectivity index (χ1n) is 7.20. The molecule has 134 valence electrons. The van der Waals surface area contributed by atoms with Crippen LogP contribution in [0, 0.1) is 11.6 Å². The van der Waals surface area contributed by atoms with E-state index in [0.717, 1.165) is 29.4 Å². The van der Waals surface area contributed by atoms with Gasteiger partial charge < -0.3 is 14.3 Å². The van der Waals surface area contributed by atoms with Gasteiger partial charge in [0.25, 0.3) is 5.88 Å². The van der Waals surface area contributed by atoms with Crippen LogP contribution >= 0.6 is 0 Å². The Morgan fingerprint density at radius 1 is 1.32 bits per heavy atom. The summed E-state index contributed by atoms with van der Waals surface area (Å²) in [5.41, 5.74) is -0.0485. The lowest BCUT2D eigenvalue weighted by atomic mass is 10.1. The van der Waals surface area contributed by atoms with Gasteiger partial charge in [-0.25, -0.2) is 21.5 Å². The van der Waals surface area contributed by atoms with Gasteiger partial charge in [-0.2, -0.15) is 0 Å². The highest BCUT2D eigenvalue weighted by molar-refractivity contribution is 7.93. The Morgan fingerprint density at radius 2 is 2.04 bits per heavy atom. The van der Waals surface area contributed by atoms with Gasteiger partial charge in [-0.3, -0.25) is 4.79 Å². The summed E-state index contributed by atoms with van der Waals surface area (Å²) in [5, 5.41) is 10.3. The Balaban J connectivity index is 2.18. The lowest BCUT2D eigenvalue weighted by Gasteiger charge is -2.14. The van der Waals surface area contributed by atoms with Crippen molar-refractivity contribution < 1.29 is 36.3 Å². The number of carbonyl (C=O) groups excluding carboxylic acids is 1. The zero-order valence-electron chi connectivity index (χ0n) is 13.0. The average molecular weight is 373 g/mol. The molecular formula is C15H13F2NO6S. The summed E-state index contributed by atoms with van der Waals surface area (Å²) in [6.45, 7) is 1.13. The summed E-state index contributed by atoms with van der Waals surface area (Å²) in [7, 11) is -3.70. The van der Waals surface area contributed by atoms with E-state index in [-0.39, 0.29) is 29.5 Å². The number of ether oxygens (including phenoxy) is 1. The molecule has 2 heterocycles. The molecule has 7 nitrogen and oxygen atoms in total. The number of hydrogen-bond acceptors (Lipinski definition) is 6. The number of rotatable bonds is 3. The second-order valence-electron chi connectivity index (χ2n) is 5.38. The maximum atomic E-state index is 13.4. The quantitative estimate of drug-likeness (QED) is 0.830. The maximum Gasteiger partial charge on any atom is 0.308 e. The molecule has 25 heavy (non-hydrogen) atoms. The van der Waals surface area contributed by atoms with Crippen molar-refractivity contribution in [1.29, 1.82) is 0 Å². The van der Waals surface area contributed by atoms with E-state index in [0.29, 0.717) is 6.42 Å². The van der Waals surface area contributed by atoms with E-state index >= 15 is 0 Å². The third kappa shape index (κ3) is 3.04. The number of halogens is 2. The number of anilines is 1. The Bertz CT molecular complexity index is 953. The Hall–Kier alpha value is -2.62. The molecule has 0 radical (unpaired) electrons. The SMILES string of the molecule is CC(=O)Oc1c(N2CCCS2(=O)=O)oc(-c2ccc(F)c(F)c2)c1O. The summed E-state index contributed by atoms with van der Waals surface area (Å²) in [6, 6.07) is 2.73. The molecule has 1 saturated heterocycles. The molecule has 0 unspecified atom stereocenters. The summed E-state index contributed by atoms with van der Waals surface area (Å²) >= 11 is 0. The molecule has 3 rings (SSSR count). The topological polar surface area (TPSA) is 97.0 Å². The van der Waals surface area contributed by atoms with Gasteiger partial charge >= 0.3 is 5.97 Å². The van der Waals surface area contributed by atoms with Gasteiger partial charge in [0.1, 0.15) is 0 Å². The van der Waals surface area contributed by atoms with Crippen molar-refractivity contribution in [3.63, 3.8) is 0 Å². The number of sulfonamides is 1. The highest BCUT2D eigenvalue weighted by Crippen LogP contribution is 2.49. The van der Waals surface area contributed by atoms with Crippen molar-refractivity contribution in [2.75, 3.05) is 16.6 Å². The number of esters is 1. The number of nitrogens with zero attached hydrogens (tertiary/aromatic N) is 1. The van der Waals surface area contributed by atoms with Crippen LogP contribution in [-0.4, -0.2) is 31.8 Å². The Morgan fingerprint density at radius 3 is 2.60 bits per heavy atom. The highest BCUT2D eigenvalue weighted by Gasteiger charge is 2.37. The van der Waals surface area contributed by atoms with Crippen LogP contribution in [-0.2, 0) is 14.8 Å². The van der Waals surface area contributed by atoms with Crippen molar-refractivity contribution in [3.05, 3.63) is 29.8 Å². The molecule has 1 N–H and O–H groups in total. The van der Waals surface area contributed by atoms with Gasteiger partial charge in [-0.1, -0.05) is 0 Å². The predicted molar refractivity (Wildman–Crippen MR) is 82.8 cm³/mol. The number of carbonyl (C=O) groups is 1. The third-order valence-electron chi connectivity index (χ3n) is 3.58. The first kappa shape index (κ1) is 17.2. The molecule has 0 atom stereocenters. The molecule has 0 aliphatic carbocycles. The zero-order valence-corrected chi connectivity index (χ0v) is 13.8. The third-order valence-corrected chi connectivity index (χ3v) is 5.40. The Labute approximate surface area is 141 Å². The van der Waals surface area contributed by atoms with Crippen LogP contribution in [0.4, 0.5) is 14.7 Å². The molecule has 0 spiro atoms. The molecule has 2 aromatic rings. The number of aromatic hydroxyl groups is 1.